The topological polar surface area (TPSA) is 68.0 Å². The second-order valence-electron chi connectivity index (χ2n) is 4.49. The highest BCUT2D eigenvalue weighted by Gasteiger charge is 2.16. The summed E-state index contributed by atoms with van der Waals surface area (Å²) in [6.07, 6.45) is 0. The molecule has 7 heteroatoms. The highest BCUT2D eigenvalue weighted by molar-refractivity contribution is 7.22. The summed E-state index contributed by atoms with van der Waals surface area (Å²) in [5.41, 5.74) is 1.10. The number of benzene rings is 1. The van der Waals surface area contributed by atoms with Crippen molar-refractivity contribution in [3.05, 3.63) is 53.5 Å². The molecule has 0 bridgehead atoms. The maximum Gasteiger partial charge on any atom is 0.279 e. The predicted molar refractivity (Wildman–Crippen MR) is 87.4 cm³/mol. The maximum absolute atomic E-state index is 12.2. The molecule has 4 aromatic rings. The van der Waals surface area contributed by atoms with E-state index >= 15 is 0 Å². The molecule has 0 saturated carbocycles. The summed E-state index contributed by atoms with van der Waals surface area (Å²) in [5, 5.41) is 9.07. The van der Waals surface area contributed by atoms with Crippen molar-refractivity contribution in [3.8, 4) is 10.6 Å². The van der Waals surface area contributed by atoms with Crippen LogP contribution in [0, 0.1) is 0 Å². The lowest BCUT2D eigenvalue weighted by atomic mass is 10.3. The Balaban J connectivity index is 1.57. The van der Waals surface area contributed by atoms with Gasteiger partial charge in [0, 0.05) is 6.07 Å². The molecule has 0 unspecified atom stereocenters. The van der Waals surface area contributed by atoms with Gasteiger partial charge in [-0.3, -0.25) is 10.1 Å². The first kappa shape index (κ1) is 13.2. The molecule has 1 amide bonds. The Bertz CT molecular complexity index is 908. The van der Waals surface area contributed by atoms with Crippen LogP contribution in [0.5, 0.6) is 0 Å². The van der Waals surface area contributed by atoms with Crippen molar-refractivity contribution in [2.24, 2.45) is 0 Å². The second-order valence-corrected chi connectivity index (χ2v) is 6.47. The third-order valence-corrected chi connectivity index (χ3v) is 4.86. The smallest absolute Gasteiger partial charge is 0.279 e. The molecule has 1 N–H and O–H groups in total. The Morgan fingerprint density at radius 2 is 2.09 bits per heavy atom. The lowest BCUT2D eigenvalue weighted by Gasteiger charge is -1.95. The number of carbonyl (C=O) groups excluding carboxylic acids is 1. The number of hydrogen-bond acceptors (Lipinski definition) is 6. The Morgan fingerprint density at radius 3 is 2.91 bits per heavy atom. The minimum atomic E-state index is -0.328. The standard InChI is InChI=1S/C15H9N3O2S2/c19-14(10-8-11(20-18-10)13-6-3-7-21-13)17-15-16-9-4-1-2-5-12(9)22-15/h1-8H,(H,16,17,19). The second kappa shape index (κ2) is 5.36. The number of para-hydroxylation sites is 1. The normalized spacial score (nSPS) is 10.9. The summed E-state index contributed by atoms with van der Waals surface area (Å²) in [6, 6.07) is 13.2. The van der Waals surface area contributed by atoms with Crippen LogP contribution in [-0.4, -0.2) is 16.0 Å². The molecule has 1 aromatic carbocycles. The Hall–Kier alpha value is -2.51. The van der Waals surface area contributed by atoms with Crippen LogP contribution in [-0.2, 0) is 0 Å². The van der Waals surface area contributed by atoms with Gasteiger partial charge in [0.1, 0.15) is 0 Å². The third-order valence-electron chi connectivity index (χ3n) is 3.02. The van der Waals surface area contributed by atoms with E-state index in [-0.39, 0.29) is 11.6 Å². The summed E-state index contributed by atoms with van der Waals surface area (Å²) in [7, 11) is 0. The minimum Gasteiger partial charge on any atom is -0.355 e. The lowest BCUT2D eigenvalue weighted by Crippen LogP contribution is -2.11. The lowest BCUT2D eigenvalue weighted by molar-refractivity contribution is 0.101. The average molecular weight is 327 g/mol. The van der Waals surface area contributed by atoms with E-state index in [0.29, 0.717) is 10.9 Å². The van der Waals surface area contributed by atoms with E-state index in [1.54, 1.807) is 6.07 Å². The zero-order valence-corrected chi connectivity index (χ0v) is 12.8. The molecule has 3 aromatic heterocycles. The fraction of sp³-hybridized carbons (Fsp3) is 0. The zero-order chi connectivity index (χ0) is 14.9. The van der Waals surface area contributed by atoms with Crippen LogP contribution in [0.4, 0.5) is 5.13 Å². The number of amides is 1. The highest BCUT2D eigenvalue weighted by Crippen LogP contribution is 2.27. The van der Waals surface area contributed by atoms with Crippen LogP contribution in [0.25, 0.3) is 20.9 Å². The number of nitrogens with zero attached hydrogens (tertiary/aromatic N) is 2. The summed E-state index contributed by atoms with van der Waals surface area (Å²) < 4.78 is 6.23. The first-order valence-corrected chi connectivity index (χ1v) is 8.17. The van der Waals surface area contributed by atoms with Gasteiger partial charge in [-0.2, -0.15) is 0 Å². The molecule has 0 atom stereocenters. The molecule has 4 rings (SSSR count). The number of thiazole rings is 1. The number of nitrogens with one attached hydrogen (secondary N) is 1. The van der Waals surface area contributed by atoms with Crippen LogP contribution in [0.2, 0.25) is 0 Å². The van der Waals surface area contributed by atoms with Crippen LogP contribution in [0.15, 0.2) is 52.4 Å². The highest BCUT2D eigenvalue weighted by atomic mass is 32.1. The molecule has 0 aliphatic rings. The Kier molecular flexibility index (Phi) is 3.21. The van der Waals surface area contributed by atoms with Crippen molar-refractivity contribution < 1.29 is 9.32 Å². The van der Waals surface area contributed by atoms with E-state index in [9.17, 15) is 4.79 Å². The van der Waals surface area contributed by atoms with Gasteiger partial charge in [0.05, 0.1) is 15.1 Å². The molecule has 0 aliphatic heterocycles. The molecule has 0 saturated heterocycles. The van der Waals surface area contributed by atoms with Crippen LogP contribution >= 0.6 is 22.7 Å². The Labute approximate surface area is 133 Å². The van der Waals surface area contributed by atoms with Crippen molar-refractivity contribution in [1.29, 1.82) is 0 Å². The van der Waals surface area contributed by atoms with E-state index in [1.807, 2.05) is 41.8 Å². The minimum absolute atomic E-state index is 0.239. The van der Waals surface area contributed by atoms with Gasteiger partial charge in [-0.15, -0.1) is 11.3 Å². The summed E-state index contributed by atoms with van der Waals surface area (Å²) in [5.74, 6) is 0.259. The van der Waals surface area contributed by atoms with E-state index in [1.165, 1.54) is 22.7 Å². The Morgan fingerprint density at radius 1 is 1.18 bits per heavy atom. The van der Waals surface area contributed by atoms with Crippen LogP contribution in [0.1, 0.15) is 10.5 Å². The fourth-order valence-corrected chi connectivity index (χ4v) is 3.54. The van der Waals surface area contributed by atoms with Gasteiger partial charge in [-0.05, 0) is 23.6 Å². The molecule has 22 heavy (non-hydrogen) atoms. The van der Waals surface area contributed by atoms with Gasteiger partial charge in [0.15, 0.2) is 16.6 Å². The third kappa shape index (κ3) is 2.40. The van der Waals surface area contributed by atoms with E-state index < -0.39 is 0 Å². The van der Waals surface area contributed by atoms with Crippen molar-refractivity contribution >= 4 is 43.9 Å². The van der Waals surface area contributed by atoms with Gasteiger partial charge in [0.25, 0.3) is 5.91 Å². The van der Waals surface area contributed by atoms with Gasteiger partial charge >= 0.3 is 0 Å². The maximum atomic E-state index is 12.2. The number of hydrogen-bond donors (Lipinski definition) is 1. The molecule has 0 radical (unpaired) electrons. The number of carbonyl (C=O) groups is 1. The monoisotopic (exact) mass is 327 g/mol. The van der Waals surface area contributed by atoms with Gasteiger partial charge < -0.3 is 4.52 Å². The number of anilines is 1. The fourth-order valence-electron chi connectivity index (χ4n) is 2.00. The van der Waals surface area contributed by atoms with Crippen LogP contribution in [0.3, 0.4) is 0 Å². The van der Waals surface area contributed by atoms with E-state index in [0.717, 1.165) is 15.1 Å². The van der Waals surface area contributed by atoms with E-state index in [2.05, 4.69) is 15.5 Å². The first-order valence-electron chi connectivity index (χ1n) is 6.47. The van der Waals surface area contributed by atoms with Gasteiger partial charge in [-0.1, -0.05) is 34.7 Å². The summed E-state index contributed by atoms with van der Waals surface area (Å²) in [4.78, 5) is 17.5. The van der Waals surface area contributed by atoms with Gasteiger partial charge in [-0.25, -0.2) is 4.98 Å². The van der Waals surface area contributed by atoms with Crippen molar-refractivity contribution in [2.45, 2.75) is 0 Å². The molecular formula is C15H9N3O2S2. The average Bonchev–Trinajstić information content (AvgIpc) is 3.26. The quantitative estimate of drug-likeness (QED) is 0.610. The first-order chi connectivity index (χ1) is 10.8. The van der Waals surface area contributed by atoms with Crippen molar-refractivity contribution in [1.82, 2.24) is 10.1 Å². The van der Waals surface area contributed by atoms with Gasteiger partial charge in [0.2, 0.25) is 0 Å². The molecule has 0 fully saturated rings. The van der Waals surface area contributed by atoms with Crippen LogP contribution < -0.4 is 5.32 Å². The molecule has 0 spiro atoms. The predicted octanol–water partition coefficient (Wildman–Crippen LogP) is 4.27. The van der Waals surface area contributed by atoms with Crippen molar-refractivity contribution in [3.63, 3.8) is 0 Å². The molecule has 0 aliphatic carbocycles. The summed E-state index contributed by atoms with van der Waals surface area (Å²) in [6.45, 7) is 0. The number of rotatable bonds is 3. The zero-order valence-electron chi connectivity index (χ0n) is 11.1. The number of aromatic nitrogens is 2. The molecular weight excluding hydrogens is 318 g/mol. The van der Waals surface area contributed by atoms with Crippen molar-refractivity contribution in [2.75, 3.05) is 5.32 Å². The summed E-state index contributed by atoms with van der Waals surface area (Å²) >= 11 is 2.96. The number of thiophene rings is 1. The SMILES string of the molecule is O=C(Nc1nc2ccccc2s1)c1cc(-c2cccs2)on1. The largest absolute Gasteiger partial charge is 0.355 e. The molecule has 3 heterocycles. The molecule has 108 valence electrons. The number of fused-ring (bicyclic) bond motifs is 1. The molecule has 5 nitrogen and oxygen atoms in total. The van der Waals surface area contributed by atoms with E-state index in [4.69, 9.17) is 4.52 Å².